The summed E-state index contributed by atoms with van der Waals surface area (Å²) in [7, 11) is 1.61. The molecular weight excluding hydrogens is 458 g/mol. The quantitative estimate of drug-likeness (QED) is 0.621. The lowest BCUT2D eigenvalue weighted by Gasteiger charge is -2.38. The van der Waals surface area contributed by atoms with Gasteiger partial charge in [-0.05, 0) is 40.4 Å². The average Bonchev–Trinajstić information content (AvgIpc) is 3.33. The fourth-order valence-corrected chi connectivity index (χ4v) is 4.69. The van der Waals surface area contributed by atoms with Crippen LogP contribution in [-0.4, -0.2) is 41.6 Å². The number of hydrogen-bond acceptors (Lipinski definition) is 6. The Morgan fingerprint density at radius 3 is 2.90 bits per heavy atom. The Morgan fingerprint density at radius 2 is 2.24 bits per heavy atom. The number of nitrogens with zero attached hydrogens (tertiary/aromatic N) is 2. The zero-order chi connectivity index (χ0) is 20.2. The molecule has 0 saturated carbocycles. The number of carbonyl (C=O) groups excluding carboxylic acids is 1. The van der Waals surface area contributed by atoms with E-state index in [0.717, 1.165) is 27.0 Å². The first-order chi connectivity index (χ1) is 14.0. The maximum absolute atomic E-state index is 13.1. The summed E-state index contributed by atoms with van der Waals surface area (Å²) in [5.74, 6) is 1.16. The van der Waals surface area contributed by atoms with Crippen molar-refractivity contribution in [3.8, 4) is 28.4 Å². The second-order valence-corrected chi connectivity index (χ2v) is 8.98. The van der Waals surface area contributed by atoms with E-state index < -0.39 is 0 Å². The highest BCUT2D eigenvalue weighted by molar-refractivity contribution is 9.10. The second kappa shape index (κ2) is 6.86. The number of halogens is 1. The van der Waals surface area contributed by atoms with Crippen LogP contribution < -0.4 is 14.8 Å². The fraction of sp³-hybridized carbons (Fsp3) is 0.300. The van der Waals surface area contributed by atoms with Crippen LogP contribution in [0, 0.1) is 0 Å². The zero-order valence-corrected chi connectivity index (χ0v) is 18.2. The van der Waals surface area contributed by atoms with Gasteiger partial charge in [-0.3, -0.25) is 4.79 Å². The molecule has 2 aromatic heterocycles. The van der Waals surface area contributed by atoms with Crippen LogP contribution >= 0.6 is 27.3 Å². The van der Waals surface area contributed by atoms with E-state index in [1.165, 1.54) is 0 Å². The van der Waals surface area contributed by atoms with Gasteiger partial charge in [0.1, 0.15) is 18.1 Å². The van der Waals surface area contributed by atoms with Crippen molar-refractivity contribution in [2.45, 2.75) is 19.1 Å². The Labute approximate surface area is 179 Å². The molecule has 1 amide bonds. The van der Waals surface area contributed by atoms with E-state index in [1.54, 1.807) is 18.4 Å². The first-order valence-electron chi connectivity index (χ1n) is 9.04. The number of nitrogens with one attached hydrogen (secondary N) is 1. The van der Waals surface area contributed by atoms with Crippen LogP contribution in [0.2, 0.25) is 0 Å². The van der Waals surface area contributed by atoms with Crippen molar-refractivity contribution in [1.29, 1.82) is 0 Å². The van der Waals surface area contributed by atoms with Crippen LogP contribution in [-0.2, 0) is 11.3 Å². The van der Waals surface area contributed by atoms with Crippen molar-refractivity contribution in [1.82, 2.24) is 15.1 Å². The van der Waals surface area contributed by atoms with Crippen molar-refractivity contribution >= 4 is 33.2 Å². The summed E-state index contributed by atoms with van der Waals surface area (Å²) in [4.78, 5) is 13.1. The Hall–Kier alpha value is -2.36. The minimum atomic E-state index is -0.361. The number of aromatic nitrogens is 2. The van der Waals surface area contributed by atoms with E-state index in [0.29, 0.717) is 30.4 Å². The van der Waals surface area contributed by atoms with E-state index in [4.69, 9.17) is 19.3 Å². The Kier molecular flexibility index (Phi) is 4.41. The van der Waals surface area contributed by atoms with Gasteiger partial charge >= 0.3 is 0 Å². The van der Waals surface area contributed by atoms with Crippen LogP contribution in [0.15, 0.2) is 33.4 Å². The van der Waals surface area contributed by atoms with Gasteiger partial charge in [0, 0.05) is 22.6 Å². The first kappa shape index (κ1) is 18.7. The minimum absolute atomic E-state index is 0.222. The summed E-state index contributed by atoms with van der Waals surface area (Å²) in [5, 5.41) is 11.7. The van der Waals surface area contributed by atoms with Crippen molar-refractivity contribution in [3.63, 3.8) is 0 Å². The van der Waals surface area contributed by atoms with Gasteiger partial charge in [-0.2, -0.15) is 16.4 Å². The van der Waals surface area contributed by atoms with Gasteiger partial charge in [-0.1, -0.05) is 0 Å². The predicted octanol–water partition coefficient (Wildman–Crippen LogP) is 3.78. The summed E-state index contributed by atoms with van der Waals surface area (Å²) in [6, 6.07) is 5.77. The number of rotatable bonds is 4. The summed E-state index contributed by atoms with van der Waals surface area (Å²) >= 11 is 5.13. The second-order valence-electron chi connectivity index (χ2n) is 7.35. The molecular formula is C20H18BrN3O4S. The highest BCUT2D eigenvalue weighted by Gasteiger charge is 2.38. The summed E-state index contributed by atoms with van der Waals surface area (Å²) in [6.07, 6.45) is 0. The molecule has 1 fully saturated rings. The fourth-order valence-electron chi connectivity index (χ4n) is 3.57. The SMILES string of the molecule is COc1cc2c(cc1Br)-c1c(c(C(=O)NC3(C)COC3)nn1-c1ccsc1)CO2. The molecule has 3 aromatic rings. The summed E-state index contributed by atoms with van der Waals surface area (Å²) in [5.41, 5.74) is 3.39. The molecule has 0 radical (unpaired) electrons. The lowest BCUT2D eigenvalue weighted by molar-refractivity contribution is -0.0594. The molecule has 2 aliphatic rings. The Bertz CT molecular complexity index is 1110. The average molecular weight is 476 g/mol. The molecule has 2 aliphatic heterocycles. The van der Waals surface area contributed by atoms with Gasteiger partial charge in [0.25, 0.3) is 5.91 Å². The van der Waals surface area contributed by atoms with E-state index in [-0.39, 0.29) is 18.1 Å². The third-order valence-corrected chi connectivity index (χ3v) is 6.38. The molecule has 4 heterocycles. The molecule has 1 N–H and O–H groups in total. The van der Waals surface area contributed by atoms with E-state index >= 15 is 0 Å². The smallest absolute Gasteiger partial charge is 0.272 e. The van der Waals surface area contributed by atoms with Crippen LogP contribution in [0.4, 0.5) is 0 Å². The molecule has 9 heteroatoms. The number of fused-ring (bicyclic) bond motifs is 3. The van der Waals surface area contributed by atoms with Crippen LogP contribution in [0.25, 0.3) is 16.9 Å². The number of ether oxygens (including phenoxy) is 3. The molecule has 29 heavy (non-hydrogen) atoms. The standard InChI is InChI=1S/C20H18BrN3O4S/c1-20(9-27-10-20)22-19(25)17-13-7-28-15-6-16(26-2)14(21)5-12(15)18(13)24(23-17)11-3-4-29-8-11/h3-6,8H,7,9-10H2,1-2H3,(H,22,25). The molecule has 0 unspecified atom stereocenters. The third kappa shape index (κ3) is 3.04. The van der Waals surface area contributed by atoms with Crippen LogP contribution in [0.3, 0.4) is 0 Å². The minimum Gasteiger partial charge on any atom is -0.495 e. The van der Waals surface area contributed by atoms with Gasteiger partial charge in [0.15, 0.2) is 5.69 Å². The predicted molar refractivity (Wildman–Crippen MR) is 112 cm³/mol. The Morgan fingerprint density at radius 1 is 1.41 bits per heavy atom. The normalized spacial score (nSPS) is 16.2. The lowest BCUT2D eigenvalue weighted by Crippen LogP contribution is -2.60. The molecule has 0 spiro atoms. The number of amides is 1. The number of benzene rings is 1. The maximum atomic E-state index is 13.1. The topological polar surface area (TPSA) is 74.6 Å². The van der Waals surface area contributed by atoms with Crippen molar-refractivity contribution in [2.24, 2.45) is 0 Å². The third-order valence-electron chi connectivity index (χ3n) is 5.09. The van der Waals surface area contributed by atoms with Gasteiger partial charge < -0.3 is 19.5 Å². The van der Waals surface area contributed by atoms with E-state index in [2.05, 4.69) is 21.2 Å². The van der Waals surface area contributed by atoms with Gasteiger partial charge in [-0.15, -0.1) is 0 Å². The number of hydrogen-bond donors (Lipinski definition) is 1. The molecule has 0 atom stereocenters. The maximum Gasteiger partial charge on any atom is 0.272 e. The Balaban J connectivity index is 1.66. The lowest BCUT2D eigenvalue weighted by atomic mass is 9.99. The van der Waals surface area contributed by atoms with Crippen LogP contribution in [0.1, 0.15) is 23.0 Å². The molecule has 0 bridgehead atoms. The van der Waals surface area contributed by atoms with Gasteiger partial charge in [0.05, 0.1) is 41.7 Å². The monoisotopic (exact) mass is 475 g/mol. The van der Waals surface area contributed by atoms with Gasteiger partial charge in [-0.25, -0.2) is 4.68 Å². The zero-order valence-electron chi connectivity index (χ0n) is 15.8. The summed E-state index contributed by atoms with van der Waals surface area (Å²) < 4.78 is 19.3. The molecule has 1 saturated heterocycles. The number of thiophene rings is 1. The number of methoxy groups -OCH3 is 1. The molecule has 0 aliphatic carbocycles. The summed E-state index contributed by atoms with van der Waals surface area (Å²) in [6.45, 7) is 3.22. The molecule has 7 nitrogen and oxygen atoms in total. The van der Waals surface area contributed by atoms with Crippen molar-refractivity contribution in [3.05, 3.63) is 44.7 Å². The van der Waals surface area contributed by atoms with Crippen molar-refractivity contribution < 1.29 is 19.0 Å². The van der Waals surface area contributed by atoms with Crippen LogP contribution in [0.5, 0.6) is 11.5 Å². The highest BCUT2D eigenvalue weighted by Crippen LogP contribution is 2.44. The highest BCUT2D eigenvalue weighted by atomic mass is 79.9. The van der Waals surface area contributed by atoms with Gasteiger partial charge in [0.2, 0.25) is 0 Å². The molecule has 150 valence electrons. The largest absolute Gasteiger partial charge is 0.495 e. The first-order valence-corrected chi connectivity index (χ1v) is 10.8. The van der Waals surface area contributed by atoms with E-state index in [1.807, 2.05) is 40.6 Å². The molecule has 1 aromatic carbocycles. The van der Waals surface area contributed by atoms with E-state index in [9.17, 15) is 4.79 Å². The van der Waals surface area contributed by atoms with Crippen molar-refractivity contribution in [2.75, 3.05) is 20.3 Å². The number of carbonyl (C=O) groups is 1. The molecule has 5 rings (SSSR count).